The minimum atomic E-state index is -0.0919. The van der Waals surface area contributed by atoms with E-state index >= 15 is 0 Å². The molecule has 18 heavy (non-hydrogen) atoms. The molecule has 0 bridgehead atoms. The van der Waals surface area contributed by atoms with Crippen LogP contribution in [0.15, 0.2) is 46.9 Å². The fourth-order valence-corrected chi connectivity index (χ4v) is 2.12. The predicted octanol–water partition coefficient (Wildman–Crippen LogP) is 3.15. The minimum Gasteiger partial charge on any atom is -0.504 e. The minimum absolute atomic E-state index is 0.0863. The lowest BCUT2D eigenvalue weighted by molar-refractivity contribution is 0.403. The van der Waals surface area contributed by atoms with Gasteiger partial charge in [-0.25, -0.2) is 0 Å². The van der Waals surface area contributed by atoms with Gasteiger partial charge in [0.25, 0.3) is 0 Å². The van der Waals surface area contributed by atoms with Gasteiger partial charge in [-0.1, -0.05) is 34.1 Å². The molecular weight excluding hydrogens is 294 g/mol. The first-order valence-corrected chi connectivity index (χ1v) is 6.40. The van der Waals surface area contributed by atoms with Crippen LogP contribution in [0, 0.1) is 0 Å². The Balaban J connectivity index is 1.90. The van der Waals surface area contributed by atoms with Crippen LogP contribution in [0.3, 0.4) is 0 Å². The summed E-state index contributed by atoms with van der Waals surface area (Å²) < 4.78 is 1.06. The maximum Gasteiger partial charge on any atom is 0.157 e. The van der Waals surface area contributed by atoms with Crippen LogP contribution >= 0.6 is 15.9 Å². The van der Waals surface area contributed by atoms with E-state index in [0.29, 0.717) is 6.54 Å². The van der Waals surface area contributed by atoms with E-state index in [1.807, 2.05) is 18.2 Å². The molecule has 0 aliphatic rings. The van der Waals surface area contributed by atoms with Gasteiger partial charge in [-0.15, -0.1) is 0 Å². The summed E-state index contributed by atoms with van der Waals surface area (Å²) in [7, 11) is 0. The Hall–Kier alpha value is -1.52. The van der Waals surface area contributed by atoms with Crippen molar-refractivity contribution in [3.8, 4) is 11.5 Å². The molecule has 3 nitrogen and oxygen atoms in total. The van der Waals surface area contributed by atoms with Crippen LogP contribution < -0.4 is 5.32 Å². The van der Waals surface area contributed by atoms with Gasteiger partial charge in [-0.05, 0) is 35.4 Å². The molecule has 0 fully saturated rings. The molecule has 0 aromatic heterocycles. The third kappa shape index (κ3) is 3.48. The van der Waals surface area contributed by atoms with Gasteiger partial charge in [-0.2, -0.15) is 0 Å². The van der Waals surface area contributed by atoms with E-state index in [1.165, 1.54) is 11.6 Å². The van der Waals surface area contributed by atoms with Gasteiger partial charge in [0.2, 0.25) is 0 Å². The number of aromatic hydroxyl groups is 2. The van der Waals surface area contributed by atoms with Gasteiger partial charge in [0.05, 0.1) is 0 Å². The molecule has 0 saturated carbocycles. The van der Waals surface area contributed by atoms with Crippen molar-refractivity contribution in [1.29, 1.82) is 0 Å². The maximum absolute atomic E-state index is 9.37. The van der Waals surface area contributed by atoms with Crippen molar-refractivity contribution in [2.45, 2.75) is 13.1 Å². The van der Waals surface area contributed by atoms with Crippen molar-refractivity contribution in [3.05, 3.63) is 58.1 Å². The van der Waals surface area contributed by atoms with Crippen LogP contribution in [-0.2, 0) is 13.1 Å². The summed E-state index contributed by atoms with van der Waals surface area (Å²) >= 11 is 3.43. The Labute approximate surface area is 114 Å². The highest BCUT2D eigenvalue weighted by Gasteiger charge is 2.00. The average Bonchev–Trinajstić information content (AvgIpc) is 2.34. The molecule has 2 aromatic rings. The number of hydrogen-bond acceptors (Lipinski definition) is 3. The summed E-state index contributed by atoms with van der Waals surface area (Å²) in [5.74, 6) is -0.178. The van der Waals surface area contributed by atoms with Gasteiger partial charge in [0.15, 0.2) is 11.5 Å². The number of phenolic OH excluding ortho intramolecular Hbond substituents is 2. The number of halogens is 1. The highest BCUT2D eigenvalue weighted by atomic mass is 79.9. The van der Waals surface area contributed by atoms with E-state index in [1.54, 1.807) is 12.1 Å². The molecule has 0 aliphatic carbocycles. The highest BCUT2D eigenvalue weighted by molar-refractivity contribution is 9.10. The van der Waals surface area contributed by atoms with Crippen molar-refractivity contribution in [2.75, 3.05) is 0 Å². The number of phenols is 2. The molecule has 0 saturated heterocycles. The number of nitrogens with one attached hydrogen (secondary N) is 1. The first-order chi connectivity index (χ1) is 8.65. The molecule has 0 amide bonds. The van der Waals surface area contributed by atoms with Gasteiger partial charge < -0.3 is 15.5 Å². The summed E-state index contributed by atoms with van der Waals surface area (Å²) in [6.07, 6.45) is 0. The molecule has 3 N–H and O–H groups in total. The SMILES string of the molecule is Oc1ccc(CNCc2cccc(Br)c2)cc1O. The highest BCUT2D eigenvalue weighted by Crippen LogP contribution is 2.24. The van der Waals surface area contributed by atoms with Crippen LogP contribution in [0.25, 0.3) is 0 Å². The molecule has 0 heterocycles. The summed E-state index contributed by atoms with van der Waals surface area (Å²) in [6.45, 7) is 1.39. The maximum atomic E-state index is 9.37. The summed E-state index contributed by atoms with van der Waals surface area (Å²) in [5, 5.41) is 21.8. The zero-order valence-electron chi connectivity index (χ0n) is 9.73. The third-order valence-electron chi connectivity index (χ3n) is 2.59. The zero-order valence-corrected chi connectivity index (χ0v) is 11.3. The van der Waals surface area contributed by atoms with E-state index in [4.69, 9.17) is 0 Å². The van der Waals surface area contributed by atoms with E-state index in [9.17, 15) is 10.2 Å². The summed E-state index contributed by atoms with van der Waals surface area (Å²) in [6, 6.07) is 12.9. The average molecular weight is 308 g/mol. The molecule has 0 atom stereocenters. The molecule has 94 valence electrons. The lowest BCUT2D eigenvalue weighted by Gasteiger charge is -2.06. The van der Waals surface area contributed by atoms with Crippen molar-refractivity contribution in [3.63, 3.8) is 0 Å². The Morgan fingerprint density at radius 2 is 1.61 bits per heavy atom. The molecule has 0 spiro atoms. The van der Waals surface area contributed by atoms with Gasteiger partial charge >= 0.3 is 0 Å². The van der Waals surface area contributed by atoms with E-state index in [-0.39, 0.29) is 11.5 Å². The van der Waals surface area contributed by atoms with Gasteiger partial charge in [0.1, 0.15) is 0 Å². The second-order valence-electron chi connectivity index (χ2n) is 4.06. The monoisotopic (exact) mass is 307 g/mol. The first kappa shape index (κ1) is 12.9. The Bertz CT molecular complexity index is 543. The normalized spacial score (nSPS) is 10.5. The lowest BCUT2D eigenvalue weighted by atomic mass is 10.2. The molecule has 4 heteroatoms. The molecular formula is C14H14BrNO2. The van der Waals surface area contributed by atoms with Crippen molar-refractivity contribution >= 4 is 15.9 Å². The first-order valence-electron chi connectivity index (χ1n) is 5.61. The molecule has 2 aromatic carbocycles. The number of benzene rings is 2. The van der Waals surface area contributed by atoms with Crippen molar-refractivity contribution in [1.82, 2.24) is 5.32 Å². The summed E-state index contributed by atoms with van der Waals surface area (Å²) in [5.41, 5.74) is 2.12. The summed E-state index contributed by atoms with van der Waals surface area (Å²) in [4.78, 5) is 0. The second kappa shape index (κ2) is 5.89. The molecule has 0 aliphatic heterocycles. The fourth-order valence-electron chi connectivity index (χ4n) is 1.68. The van der Waals surface area contributed by atoms with Gasteiger partial charge in [-0.3, -0.25) is 0 Å². The molecule has 0 unspecified atom stereocenters. The van der Waals surface area contributed by atoms with E-state index < -0.39 is 0 Å². The van der Waals surface area contributed by atoms with E-state index in [0.717, 1.165) is 16.6 Å². The number of hydrogen-bond donors (Lipinski definition) is 3. The van der Waals surface area contributed by atoms with Crippen molar-refractivity contribution in [2.24, 2.45) is 0 Å². The zero-order chi connectivity index (χ0) is 13.0. The number of rotatable bonds is 4. The molecule has 2 rings (SSSR count). The second-order valence-corrected chi connectivity index (χ2v) is 4.97. The smallest absolute Gasteiger partial charge is 0.157 e. The standard InChI is InChI=1S/C14H14BrNO2/c15-12-3-1-2-10(6-12)8-16-9-11-4-5-13(17)14(18)7-11/h1-7,16-18H,8-9H2. The van der Waals surface area contributed by atoms with Crippen molar-refractivity contribution < 1.29 is 10.2 Å². The third-order valence-corrected chi connectivity index (χ3v) is 3.08. The van der Waals surface area contributed by atoms with E-state index in [2.05, 4.69) is 27.3 Å². The quantitative estimate of drug-likeness (QED) is 0.761. The Morgan fingerprint density at radius 1 is 0.889 bits per heavy atom. The predicted molar refractivity (Wildman–Crippen MR) is 74.5 cm³/mol. The fraction of sp³-hybridized carbons (Fsp3) is 0.143. The lowest BCUT2D eigenvalue weighted by Crippen LogP contribution is -2.12. The van der Waals surface area contributed by atoms with Crippen LogP contribution in [-0.4, -0.2) is 10.2 Å². The Kier molecular flexibility index (Phi) is 4.23. The van der Waals surface area contributed by atoms with Gasteiger partial charge in [0, 0.05) is 17.6 Å². The topological polar surface area (TPSA) is 52.5 Å². The Morgan fingerprint density at radius 3 is 2.28 bits per heavy atom. The largest absolute Gasteiger partial charge is 0.504 e. The van der Waals surface area contributed by atoms with Crippen LogP contribution in [0.1, 0.15) is 11.1 Å². The van der Waals surface area contributed by atoms with Crippen LogP contribution in [0.4, 0.5) is 0 Å². The van der Waals surface area contributed by atoms with Crippen LogP contribution in [0.2, 0.25) is 0 Å². The van der Waals surface area contributed by atoms with Crippen LogP contribution in [0.5, 0.6) is 11.5 Å². The molecule has 0 radical (unpaired) electrons.